The molecule has 0 spiro atoms. The molecule has 55 heavy (non-hydrogen) atoms. The molecule has 278 valence electrons. The Balaban J connectivity index is 0.000000199. The molecule has 2 aliphatic rings. The van der Waals surface area contributed by atoms with Crippen LogP contribution in [0.3, 0.4) is 0 Å². The van der Waals surface area contributed by atoms with Crippen molar-refractivity contribution in [2.45, 2.75) is 46.6 Å². The van der Waals surface area contributed by atoms with Gasteiger partial charge < -0.3 is 29.3 Å². The molecule has 5 aromatic heterocycles. The fourth-order valence-electron chi connectivity index (χ4n) is 6.41. The zero-order valence-corrected chi connectivity index (χ0v) is 31.1. The van der Waals surface area contributed by atoms with E-state index in [4.69, 9.17) is 10.2 Å². The third-order valence-electron chi connectivity index (χ3n) is 9.50. The molecule has 2 amide bonds. The Hall–Kier alpha value is -6.88. The molecule has 2 fully saturated rings. The zero-order chi connectivity index (χ0) is 38.5. The summed E-state index contributed by atoms with van der Waals surface area (Å²) in [4.78, 5) is 55.8. The van der Waals surface area contributed by atoms with Gasteiger partial charge in [0.25, 0.3) is 5.91 Å². The number of nitrogens with zero attached hydrogens (tertiary/aromatic N) is 9. The summed E-state index contributed by atoms with van der Waals surface area (Å²) in [6, 6.07) is 21.7. The Morgan fingerprint density at radius 2 is 1.49 bits per heavy atom. The number of fused-ring (bicyclic) bond motifs is 1. The summed E-state index contributed by atoms with van der Waals surface area (Å²) in [7, 11) is 0. The Bertz CT molecular complexity index is 2430. The number of aryl methyl sites for hydroxylation is 4. The van der Waals surface area contributed by atoms with Crippen LogP contribution in [0.15, 0.2) is 97.8 Å². The molecule has 7 aromatic rings. The molecule has 14 nitrogen and oxygen atoms in total. The number of hydrogen-bond donors (Lipinski definition) is 3. The van der Waals surface area contributed by atoms with E-state index in [2.05, 4.69) is 58.0 Å². The summed E-state index contributed by atoms with van der Waals surface area (Å²) in [6.45, 7) is 8.70. The number of aromatic amines is 2. The molecule has 0 bridgehead atoms. The van der Waals surface area contributed by atoms with Gasteiger partial charge in [0.15, 0.2) is 5.65 Å². The smallest absolute Gasteiger partial charge is 0.255 e. The molecule has 6 heterocycles. The predicted octanol–water partition coefficient (Wildman–Crippen LogP) is 5.82. The highest BCUT2D eigenvalue weighted by atomic mass is 16.2. The van der Waals surface area contributed by atoms with Gasteiger partial charge in [-0.15, -0.1) is 0 Å². The fraction of sp³-hybridized carbons (Fsp3) is 0.268. The molecule has 0 radical (unpaired) electrons. The Kier molecular flexibility index (Phi) is 10.6. The molecule has 3 N–H and O–H groups in total. The van der Waals surface area contributed by atoms with Crippen LogP contribution in [0.25, 0.3) is 33.9 Å². The second-order valence-corrected chi connectivity index (χ2v) is 13.7. The van der Waals surface area contributed by atoms with Gasteiger partial charge in [-0.2, -0.15) is 5.26 Å². The van der Waals surface area contributed by atoms with Gasteiger partial charge in [-0.05, 0) is 70.7 Å². The summed E-state index contributed by atoms with van der Waals surface area (Å²) in [6.07, 6.45) is 12.5. The topological polar surface area (TPSA) is 179 Å². The van der Waals surface area contributed by atoms with E-state index < -0.39 is 6.04 Å². The lowest BCUT2D eigenvalue weighted by molar-refractivity contribution is -0.138. The average Bonchev–Trinajstić information content (AvgIpc) is 3.43. The van der Waals surface area contributed by atoms with E-state index in [1.165, 1.54) is 5.69 Å². The summed E-state index contributed by atoms with van der Waals surface area (Å²) in [5, 5.41) is 11.9. The number of hydrogen-bond acceptors (Lipinski definition) is 8. The molecule has 1 aliphatic heterocycles. The lowest BCUT2D eigenvalue weighted by atomic mass is 9.99. The van der Waals surface area contributed by atoms with Crippen molar-refractivity contribution in [2.75, 3.05) is 13.1 Å². The molecule has 9 rings (SSSR count). The van der Waals surface area contributed by atoms with Crippen LogP contribution in [0, 0.1) is 50.9 Å². The maximum atomic E-state index is 13.3. The van der Waals surface area contributed by atoms with Crippen LogP contribution >= 0.6 is 0 Å². The lowest BCUT2D eigenvalue weighted by Gasteiger charge is -2.37. The first-order valence-corrected chi connectivity index (χ1v) is 18.2. The maximum absolute atomic E-state index is 13.3. The third kappa shape index (κ3) is 8.36. The van der Waals surface area contributed by atoms with Crippen molar-refractivity contribution in [1.82, 2.24) is 54.2 Å². The highest BCUT2D eigenvalue weighted by Gasteiger charge is 2.43. The van der Waals surface area contributed by atoms with E-state index in [0.29, 0.717) is 41.2 Å². The number of aromatic nitrogens is 9. The van der Waals surface area contributed by atoms with E-state index in [1.54, 1.807) is 29.7 Å². The maximum Gasteiger partial charge on any atom is 0.255 e. The van der Waals surface area contributed by atoms with E-state index in [0.717, 1.165) is 41.7 Å². The number of nitriles is 1. The van der Waals surface area contributed by atoms with Gasteiger partial charge in [-0.25, -0.2) is 24.9 Å². The van der Waals surface area contributed by atoms with Gasteiger partial charge in [0.05, 0.1) is 29.4 Å². The SMILES string of the molecule is Cc1cn(-c2ccccc2)c(C)n1.Cc1nc(-c2cnc3[nH]cc(C(=O)N[C@@H](C(=O)N4CC(C#N)C4)C4CC4)c3n2)cn1-c1ccccc1.Cc1ncc[nH]1. The van der Waals surface area contributed by atoms with Crippen molar-refractivity contribution < 1.29 is 9.59 Å². The average molecular weight is 735 g/mol. The Labute approximate surface area is 318 Å². The number of carbonyl (C=O) groups excluding carboxylic acids is 2. The molecular weight excluding hydrogens is 693 g/mol. The van der Waals surface area contributed by atoms with Crippen molar-refractivity contribution in [3.63, 3.8) is 0 Å². The van der Waals surface area contributed by atoms with Gasteiger partial charge in [-0.1, -0.05) is 36.4 Å². The van der Waals surface area contributed by atoms with E-state index in [1.807, 2.05) is 93.2 Å². The van der Waals surface area contributed by atoms with Crippen LogP contribution in [0.5, 0.6) is 0 Å². The zero-order valence-electron chi connectivity index (χ0n) is 31.1. The minimum absolute atomic E-state index is 0.120. The number of rotatable bonds is 7. The summed E-state index contributed by atoms with van der Waals surface area (Å²) >= 11 is 0. The molecular formula is C41H42N12O2. The van der Waals surface area contributed by atoms with Crippen molar-refractivity contribution in [1.29, 1.82) is 5.26 Å². The minimum atomic E-state index is -0.595. The van der Waals surface area contributed by atoms with Gasteiger partial charge in [0.1, 0.15) is 40.4 Å². The number of para-hydroxylation sites is 2. The number of carbonyl (C=O) groups is 2. The first-order valence-electron chi connectivity index (χ1n) is 18.2. The highest BCUT2D eigenvalue weighted by molar-refractivity contribution is 6.06. The Morgan fingerprint density at radius 3 is 2.04 bits per heavy atom. The van der Waals surface area contributed by atoms with Crippen molar-refractivity contribution in [2.24, 2.45) is 11.8 Å². The second kappa shape index (κ2) is 16.0. The molecule has 0 unspecified atom stereocenters. The Morgan fingerprint density at radius 1 is 0.836 bits per heavy atom. The van der Waals surface area contributed by atoms with Crippen LogP contribution in [0.2, 0.25) is 0 Å². The normalized spacial score (nSPS) is 14.1. The largest absolute Gasteiger partial charge is 0.349 e. The van der Waals surface area contributed by atoms with Gasteiger partial charge in [0, 0.05) is 55.4 Å². The first-order chi connectivity index (χ1) is 26.7. The monoisotopic (exact) mass is 734 g/mol. The van der Waals surface area contributed by atoms with E-state index in [9.17, 15) is 9.59 Å². The number of amides is 2. The van der Waals surface area contributed by atoms with Gasteiger partial charge in [0.2, 0.25) is 5.91 Å². The molecule has 1 aliphatic carbocycles. The van der Waals surface area contributed by atoms with E-state index >= 15 is 0 Å². The summed E-state index contributed by atoms with van der Waals surface area (Å²) < 4.78 is 4.07. The molecule has 2 aromatic carbocycles. The predicted molar refractivity (Wildman–Crippen MR) is 207 cm³/mol. The first kappa shape index (κ1) is 36.5. The van der Waals surface area contributed by atoms with Gasteiger partial charge in [-0.3, -0.25) is 9.59 Å². The second-order valence-electron chi connectivity index (χ2n) is 13.7. The number of H-pyrrole nitrogens is 2. The summed E-state index contributed by atoms with van der Waals surface area (Å²) in [5.74, 6) is 2.31. The van der Waals surface area contributed by atoms with Crippen molar-refractivity contribution in [3.8, 4) is 28.8 Å². The van der Waals surface area contributed by atoms with Crippen LogP contribution in [-0.2, 0) is 4.79 Å². The van der Waals surface area contributed by atoms with Crippen molar-refractivity contribution in [3.05, 3.63) is 127 Å². The van der Waals surface area contributed by atoms with Crippen LogP contribution in [0.1, 0.15) is 46.4 Å². The quantitative estimate of drug-likeness (QED) is 0.183. The van der Waals surface area contributed by atoms with Gasteiger partial charge >= 0.3 is 0 Å². The number of benzene rings is 2. The number of imidazole rings is 3. The van der Waals surface area contributed by atoms with Crippen LogP contribution < -0.4 is 5.32 Å². The number of nitrogens with one attached hydrogen (secondary N) is 3. The molecule has 14 heteroatoms. The standard InChI is InChI=1S/C26H24N8O2.C11H12N2.C4H6N2/c1-15-30-21(14-34(15)18-5-3-2-4-6-18)20-11-29-24-23(31-20)19(10-28-24)25(35)32-22(17-7-8-17)26(36)33-12-16(9-27)13-33;1-9-8-13(10(2)12-9)11-6-4-3-5-7-11;1-4-5-2-3-6-4/h2-6,10-11,14,16-17,22H,7-8,12-13H2,1H3,(H,28,29)(H,32,35);3-8H,1-2H3;2-3H,1H3,(H,5,6)/t22-;;/m1../s1. The third-order valence-corrected chi connectivity index (χ3v) is 9.50. The fourth-order valence-corrected chi connectivity index (χ4v) is 6.41. The van der Waals surface area contributed by atoms with E-state index in [-0.39, 0.29) is 23.7 Å². The van der Waals surface area contributed by atoms with Crippen molar-refractivity contribution >= 4 is 23.0 Å². The minimum Gasteiger partial charge on any atom is -0.349 e. The van der Waals surface area contributed by atoms with Crippen LogP contribution in [-0.4, -0.2) is 79.9 Å². The summed E-state index contributed by atoms with van der Waals surface area (Å²) in [5.41, 5.74) is 5.64. The molecule has 1 saturated carbocycles. The lowest BCUT2D eigenvalue weighted by Crippen LogP contribution is -2.57. The van der Waals surface area contributed by atoms with Crippen LogP contribution in [0.4, 0.5) is 0 Å². The molecule has 1 saturated heterocycles. The molecule has 1 atom stereocenters. The number of likely N-dealkylation sites (tertiary alicyclic amines) is 1. The highest BCUT2D eigenvalue weighted by Crippen LogP contribution is 2.35.